The van der Waals surface area contributed by atoms with Crippen LogP contribution in [0, 0.1) is 0 Å². The summed E-state index contributed by atoms with van der Waals surface area (Å²) in [5, 5.41) is 31.3. The number of aromatic nitrogens is 2. The Labute approximate surface area is 447 Å². The van der Waals surface area contributed by atoms with E-state index in [2.05, 4.69) is 67.3 Å². The molecule has 0 amide bonds. The van der Waals surface area contributed by atoms with E-state index in [1.807, 2.05) is 23.9 Å². The fourth-order valence-corrected chi connectivity index (χ4v) is 11.3. The first-order valence-corrected chi connectivity index (χ1v) is 33.2. The molecule has 8 atom stereocenters. The van der Waals surface area contributed by atoms with Gasteiger partial charge in [0.1, 0.15) is 0 Å². The van der Waals surface area contributed by atoms with Gasteiger partial charge in [-0.2, -0.15) is 12.6 Å². The molecule has 4 heterocycles. The van der Waals surface area contributed by atoms with Crippen LogP contribution in [0.3, 0.4) is 0 Å². The van der Waals surface area contributed by atoms with Crippen LogP contribution in [0.2, 0.25) is 5.02 Å². The number of nitrogens with zero attached hydrogens (tertiary/aromatic N) is 2. The number of thiol groups is 1. The summed E-state index contributed by atoms with van der Waals surface area (Å²) in [6.07, 6.45) is 20.7. The van der Waals surface area contributed by atoms with Crippen LogP contribution >= 0.6 is 76.4 Å². The number of halogens is 5. The molecule has 6 aliphatic rings. The van der Waals surface area contributed by atoms with E-state index in [0.717, 1.165) is 91.7 Å². The first-order chi connectivity index (χ1) is 32.8. The average molecular weight is 1150 g/mol. The maximum atomic E-state index is 6.39. The zero-order valence-electron chi connectivity index (χ0n) is 39.3. The van der Waals surface area contributed by atoms with Crippen LogP contribution in [0.5, 0.6) is 0 Å². The molecule has 0 spiro atoms. The third-order valence-electron chi connectivity index (χ3n) is 13.4. The summed E-state index contributed by atoms with van der Waals surface area (Å²) in [6, 6.07) is 12.9. The van der Waals surface area contributed by atoms with E-state index in [-0.39, 0.29) is 26.3 Å². The van der Waals surface area contributed by atoms with Crippen LogP contribution in [-0.2, 0) is 52.4 Å². The number of thioether (sulfide) groups is 1. The number of fused-ring (bicyclic) bond motifs is 8. The second-order valence-corrected chi connectivity index (χ2v) is 24.1. The third-order valence-corrected chi connectivity index (χ3v) is 14.9. The molecule has 0 saturated heterocycles. The van der Waals surface area contributed by atoms with Crippen molar-refractivity contribution >= 4 is 76.4 Å². The Morgan fingerprint density at radius 3 is 0.985 bits per heavy atom. The Morgan fingerprint density at radius 2 is 0.731 bits per heavy atom. The fraction of sp³-hybridized carbons (Fsp3) is 0.783. The van der Waals surface area contributed by atoms with Crippen molar-refractivity contribution in [2.45, 2.75) is 182 Å². The van der Waals surface area contributed by atoms with E-state index in [1.165, 1.54) is 108 Å². The van der Waals surface area contributed by atoms with E-state index >= 15 is 0 Å². The molecular weight excluding hydrogens is 1070 g/mol. The van der Waals surface area contributed by atoms with Crippen molar-refractivity contribution in [2.24, 2.45) is 11.5 Å². The quantitative estimate of drug-likeness (QED) is 0.0828. The monoisotopic (exact) mass is 1150 g/mol. The van der Waals surface area contributed by atoms with Crippen molar-refractivity contribution in [3.63, 3.8) is 0 Å². The number of nitrogens with two attached hydrogens (primary N) is 2. The van der Waals surface area contributed by atoms with E-state index in [1.54, 1.807) is 0 Å². The van der Waals surface area contributed by atoms with Gasteiger partial charge in [0.2, 0.25) is 0 Å². The molecule has 12 nitrogen and oxygen atoms in total. The molecule has 0 radical (unpaired) electrons. The SMILES string of the molecule is Clc1cc2nc(c1)CN[C@@H]1CCCCC1NCCN[C@@H]1CCCCC1NC2.NCCS.NCCSc1cc2nc(c1)CN[C@@H]1CCCCC1NCCN[C@@H]1CCCCC1NC2.[Cl][Mn][Cl].[Cl][Mn][Cl]. The molecule has 4 fully saturated rings. The molecule has 4 aliphatic carbocycles. The molecule has 67 heavy (non-hydrogen) atoms. The van der Waals surface area contributed by atoms with Gasteiger partial charge in [-0.05, 0) is 75.6 Å². The van der Waals surface area contributed by atoms with Gasteiger partial charge >= 0.3 is 66.7 Å². The Balaban J connectivity index is 0.000000245. The predicted molar refractivity (Wildman–Crippen MR) is 283 cm³/mol. The van der Waals surface area contributed by atoms with Crippen LogP contribution in [0.1, 0.15) is 126 Å². The van der Waals surface area contributed by atoms with Gasteiger partial charge in [-0.1, -0.05) is 63.0 Å². The molecule has 0 aromatic carbocycles. The van der Waals surface area contributed by atoms with Gasteiger partial charge in [0.05, 0.1) is 22.8 Å². The molecule has 12 N–H and O–H groups in total. The molecule has 386 valence electrons. The van der Waals surface area contributed by atoms with Crippen molar-refractivity contribution in [1.29, 1.82) is 0 Å². The second kappa shape index (κ2) is 37.8. The Morgan fingerprint density at radius 1 is 0.478 bits per heavy atom. The van der Waals surface area contributed by atoms with Crippen LogP contribution in [0.15, 0.2) is 29.2 Å². The zero-order chi connectivity index (χ0) is 47.9. The van der Waals surface area contributed by atoms with E-state index in [9.17, 15) is 0 Å². The third kappa shape index (κ3) is 24.3. The van der Waals surface area contributed by atoms with Gasteiger partial charge in [0, 0.05) is 135 Å². The molecule has 2 aromatic rings. The van der Waals surface area contributed by atoms with Crippen LogP contribution in [0.25, 0.3) is 0 Å². The number of hydrogen-bond acceptors (Lipinski definition) is 14. The Hall–Kier alpha value is 1.09. The summed E-state index contributed by atoms with van der Waals surface area (Å²) in [5.74, 6) is 1.74. The summed E-state index contributed by atoms with van der Waals surface area (Å²) in [4.78, 5) is 11.2. The normalized spacial score (nSPS) is 28.3. The summed E-state index contributed by atoms with van der Waals surface area (Å²) in [5.41, 5.74) is 15.1. The van der Waals surface area contributed by atoms with Gasteiger partial charge in [0.25, 0.3) is 0 Å². The van der Waals surface area contributed by atoms with E-state index < -0.39 is 0 Å². The summed E-state index contributed by atoms with van der Waals surface area (Å²) in [6.45, 7) is 8.86. The predicted octanol–water partition coefficient (Wildman–Crippen LogP) is 7.48. The zero-order valence-corrected chi connectivity index (χ0v) is 47.1. The van der Waals surface area contributed by atoms with Crippen LogP contribution in [-0.4, -0.2) is 109 Å². The molecule has 21 heteroatoms. The number of pyridine rings is 2. The molecule has 4 bridgehead atoms. The minimum absolute atomic E-state index is 0.00694. The number of nitrogens with one attached hydrogen (secondary N) is 8. The van der Waals surface area contributed by atoms with Gasteiger partial charge in [-0.25, -0.2) is 0 Å². The van der Waals surface area contributed by atoms with E-state index in [4.69, 9.17) is 73.4 Å². The number of hydrogen-bond donors (Lipinski definition) is 11. The molecule has 4 saturated carbocycles. The molecular formula is C46H81Cl5Mn2N12S2. The van der Waals surface area contributed by atoms with E-state index in [0.29, 0.717) is 61.4 Å². The van der Waals surface area contributed by atoms with Crippen LogP contribution < -0.4 is 54.0 Å². The Bertz CT molecular complexity index is 1490. The second-order valence-electron chi connectivity index (χ2n) is 18.1. The van der Waals surface area contributed by atoms with Crippen molar-refractivity contribution in [3.05, 3.63) is 52.1 Å². The summed E-state index contributed by atoms with van der Waals surface area (Å²) in [7, 11) is 19.2. The van der Waals surface area contributed by atoms with Crippen molar-refractivity contribution in [2.75, 3.05) is 50.8 Å². The van der Waals surface area contributed by atoms with Gasteiger partial charge < -0.3 is 54.0 Å². The summed E-state index contributed by atoms with van der Waals surface area (Å²) < 4.78 is 0. The van der Waals surface area contributed by atoms with Gasteiger partial charge in [0.15, 0.2) is 0 Å². The fourth-order valence-electron chi connectivity index (χ4n) is 10.3. The van der Waals surface area contributed by atoms with Gasteiger partial charge in [-0.3, -0.25) is 9.97 Å². The topological polar surface area (TPSA) is 174 Å². The average Bonchev–Trinajstić information content (AvgIpc) is 3.35. The maximum absolute atomic E-state index is 6.39. The first-order valence-electron chi connectivity index (χ1n) is 24.7. The van der Waals surface area contributed by atoms with Crippen LogP contribution in [0.4, 0.5) is 0 Å². The molecule has 2 aromatic heterocycles. The molecule has 8 rings (SSSR count). The number of rotatable bonds is 4. The summed E-state index contributed by atoms with van der Waals surface area (Å²) >= 11 is 12.1. The standard InChI is InChI=1S/C23H40N6S.C21H34ClN5.C2H7NS.4ClH.2Mn/c24-9-12-30-19-13-17-15-27-22-7-3-1-5-20(22)25-10-11-26-21-6-2-4-8-23(21)28-16-18(14-19)29-17;22-15-11-16-13-25-20-7-3-1-5-18(20)23-9-10-24-19-6-2-4-8-21(19)26-14-17(12-15)27-16;3-1-2-4;;;;;;/h13-14,20-23,25-28H,1-12,15-16,24H2;11-12,18-21,23-26H,1-10,13-14H2;4H,1-3H2;4*1H;;/q;;;;;;;2*+2/p-4/t20-,21?,22?,23-;18-,19?,20?,21-;;;;;;;/m11......./s1. The molecule has 4 unspecified atom stereocenters. The van der Waals surface area contributed by atoms with Crippen molar-refractivity contribution < 1.29 is 26.3 Å². The minimum atomic E-state index is 0.00694. The van der Waals surface area contributed by atoms with Gasteiger partial charge in [-0.15, -0.1) is 11.8 Å². The Kier molecular flexibility index (Phi) is 34.2. The molecule has 2 aliphatic heterocycles. The van der Waals surface area contributed by atoms with Crippen molar-refractivity contribution in [3.8, 4) is 0 Å². The van der Waals surface area contributed by atoms with Crippen molar-refractivity contribution in [1.82, 2.24) is 52.5 Å². The first kappa shape index (κ1) is 60.6.